The molecule has 2 aliphatic rings. The van der Waals surface area contributed by atoms with Crippen molar-refractivity contribution in [2.75, 3.05) is 26.2 Å². The van der Waals surface area contributed by atoms with Crippen LogP contribution in [0.5, 0.6) is 0 Å². The van der Waals surface area contributed by atoms with E-state index in [9.17, 15) is 14.7 Å². The van der Waals surface area contributed by atoms with Gasteiger partial charge in [0.05, 0.1) is 5.41 Å². The molecule has 2 amide bonds. The van der Waals surface area contributed by atoms with Gasteiger partial charge in [0, 0.05) is 26.2 Å². The molecule has 0 aromatic carbocycles. The Morgan fingerprint density at radius 2 is 1.55 bits per heavy atom. The zero-order valence-electron chi connectivity index (χ0n) is 12.8. The van der Waals surface area contributed by atoms with E-state index in [1.165, 1.54) is 6.42 Å². The van der Waals surface area contributed by atoms with Gasteiger partial charge in [0.25, 0.3) is 0 Å². The van der Waals surface area contributed by atoms with Crippen LogP contribution in [0.2, 0.25) is 0 Å². The van der Waals surface area contributed by atoms with Gasteiger partial charge in [0.15, 0.2) is 0 Å². The number of carbonyl (C=O) groups excluding carboxylic acids is 1. The molecule has 114 valence electrons. The Morgan fingerprint density at radius 1 is 1.05 bits per heavy atom. The topological polar surface area (TPSA) is 60.9 Å². The van der Waals surface area contributed by atoms with E-state index >= 15 is 0 Å². The van der Waals surface area contributed by atoms with E-state index in [2.05, 4.69) is 13.8 Å². The summed E-state index contributed by atoms with van der Waals surface area (Å²) in [6, 6.07) is 0.0934. The molecule has 2 fully saturated rings. The van der Waals surface area contributed by atoms with Gasteiger partial charge in [-0.15, -0.1) is 0 Å². The summed E-state index contributed by atoms with van der Waals surface area (Å²) in [5.74, 6) is 0.360. The van der Waals surface area contributed by atoms with E-state index in [1.807, 2.05) is 9.80 Å². The van der Waals surface area contributed by atoms with Crippen molar-refractivity contribution in [1.82, 2.24) is 9.80 Å². The third-order valence-electron chi connectivity index (χ3n) is 4.79. The summed E-state index contributed by atoms with van der Waals surface area (Å²) >= 11 is 0. The second kappa shape index (κ2) is 5.62. The molecule has 2 saturated heterocycles. The molecule has 0 bridgehead atoms. The summed E-state index contributed by atoms with van der Waals surface area (Å²) in [5.41, 5.74) is -0.667. The number of piperidine rings is 2. The Labute approximate surface area is 120 Å². The highest BCUT2D eigenvalue weighted by atomic mass is 16.4. The minimum Gasteiger partial charge on any atom is -0.481 e. The zero-order chi connectivity index (χ0) is 14.9. The zero-order valence-corrected chi connectivity index (χ0v) is 12.8. The van der Waals surface area contributed by atoms with Crippen molar-refractivity contribution in [2.45, 2.75) is 40.0 Å². The van der Waals surface area contributed by atoms with Crippen LogP contribution >= 0.6 is 0 Å². The highest BCUT2D eigenvalue weighted by Crippen LogP contribution is 2.32. The number of carboxylic acid groups (broad SMARTS) is 1. The summed E-state index contributed by atoms with van der Waals surface area (Å²) in [6.45, 7) is 8.93. The fourth-order valence-corrected chi connectivity index (χ4v) is 3.42. The molecule has 5 nitrogen and oxygen atoms in total. The van der Waals surface area contributed by atoms with Gasteiger partial charge in [-0.05, 0) is 38.0 Å². The maximum absolute atomic E-state index is 12.5. The molecule has 20 heavy (non-hydrogen) atoms. The van der Waals surface area contributed by atoms with Crippen LogP contribution in [0.3, 0.4) is 0 Å². The first-order chi connectivity index (χ1) is 9.32. The Balaban J connectivity index is 1.93. The predicted molar refractivity (Wildman–Crippen MR) is 76.5 cm³/mol. The predicted octanol–water partition coefficient (Wildman–Crippen LogP) is 2.27. The quantitative estimate of drug-likeness (QED) is 0.802. The van der Waals surface area contributed by atoms with Gasteiger partial charge < -0.3 is 14.9 Å². The molecule has 2 atom stereocenters. The van der Waals surface area contributed by atoms with E-state index in [-0.39, 0.29) is 6.03 Å². The standard InChI is InChI=1S/C15H26N2O3/c1-11-8-12(2)10-17(9-11)14(20)16-6-4-15(3,5-7-16)13(18)19/h11-12H,4-10H2,1-3H3,(H,18,19). The van der Waals surface area contributed by atoms with Crippen molar-refractivity contribution in [1.29, 1.82) is 0 Å². The van der Waals surface area contributed by atoms with Crippen LogP contribution in [-0.2, 0) is 4.79 Å². The normalized spacial score (nSPS) is 30.1. The van der Waals surface area contributed by atoms with Crippen molar-refractivity contribution in [3.63, 3.8) is 0 Å². The van der Waals surface area contributed by atoms with Crippen LogP contribution in [0.4, 0.5) is 4.79 Å². The number of hydrogen-bond acceptors (Lipinski definition) is 2. The van der Waals surface area contributed by atoms with E-state index < -0.39 is 11.4 Å². The largest absolute Gasteiger partial charge is 0.481 e. The molecule has 5 heteroatoms. The van der Waals surface area contributed by atoms with Gasteiger partial charge in [0.2, 0.25) is 0 Å². The number of likely N-dealkylation sites (tertiary alicyclic amines) is 2. The van der Waals surface area contributed by atoms with Crippen LogP contribution in [0.1, 0.15) is 40.0 Å². The highest BCUT2D eigenvalue weighted by molar-refractivity contribution is 5.77. The van der Waals surface area contributed by atoms with Gasteiger partial charge >= 0.3 is 12.0 Å². The molecule has 0 spiro atoms. The Morgan fingerprint density at radius 3 is 2.00 bits per heavy atom. The number of urea groups is 1. The smallest absolute Gasteiger partial charge is 0.320 e. The van der Waals surface area contributed by atoms with Crippen molar-refractivity contribution in [2.24, 2.45) is 17.3 Å². The van der Waals surface area contributed by atoms with Crippen molar-refractivity contribution >= 4 is 12.0 Å². The van der Waals surface area contributed by atoms with E-state index in [4.69, 9.17) is 0 Å². The second-order valence-corrected chi connectivity index (χ2v) is 6.99. The minimum absolute atomic E-state index is 0.0934. The lowest BCUT2D eigenvalue weighted by molar-refractivity contribution is -0.150. The van der Waals surface area contributed by atoms with Crippen LogP contribution in [0.25, 0.3) is 0 Å². The molecular formula is C15H26N2O3. The Hall–Kier alpha value is -1.26. The number of rotatable bonds is 1. The summed E-state index contributed by atoms with van der Waals surface area (Å²) in [6.07, 6.45) is 2.28. The second-order valence-electron chi connectivity index (χ2n) is 6.99. The first-order valence-corrected chi connectivity index (χ1v) is 7.59. The minimum atomic E-state index is -0.746. The summed E-state index contributed by atoms with van der Waals surface area (Å²) < 4.78 is 0. The Kier molecular flexibility index (Phi) is 4.25. The van der Waals surface area contributed by atoms with E-state index in [0.29, 0.717) is 37.8 Å². The average Bonchev–Trinajstić information content (AvgIpc) is 2.37. The molecule has 0 aromatic heterocycles. The average molecular weight is 282 g/mol. The molecule has 2 heterocycles. The number of nitrogens with zero attached hydrogens (tertiary/aromatic N) is 2. The van der Waals surface area contributed by atoms with Crippen LogP contribution < -0.4 is 0 Å². The fraction of sp³-hybridized carbons (Fsp3) is 0.867. The van der Waals surface area contributed by atoms with Gasteiger partial charge in [-0.2, -0.15) is 0 Å². The van der Waals surface area contributed by atoms with Crippen LogP contribution in [0.15, 0.2) is 0 Å². The lowest BCUT2D eigenvalue weighted by atomic mass is 9.80. The van der Waals surface area contributed by atoms with Crippen molar-refractivity contribution in [3.8, 4) is 0 Å². The monoisotopic (exact) mass is 282 g/mol. The van der Waals surface area contributed by atoms with E-state index in [0.717, 1.165) is 13.1 Å². The fourth-order valence-electron chi connectivity index (χ4n) is 3.42. The highest BCUT2D eigenvalue weighted by Gasteiger charge is 2.39. The van der Waals surface area contributed by atoms with Gasteiger partial charge in [-0.1, -0.05) is 13.8 Å². The molecule has 0 saturated carbocycles. The SMILES string of the molecule is CC1CC(C)CN(C(=O)N2CCC(C)(C(=O)O)CC2)C1. The molecule has 2 rings (SSSR count). The molecule has 0 aromatic rings. The molecule has 2 unspecified atom stereocenters. The number of carboxylic acids is 1. The number of hydrogen-bond donors (Lipinski definition) is 1. The van der Waals surface area contributed by atoms with Crippen LogP contribution in [-0.4, -0.2) is 53.1 Å². The van der Waals surface area contributed by atoms with Gasteiger partial charge in [0.1, 0.15) is 0 Å². The summed E-state index contributed by atoms with van der Waals surface area (Å²) in [5, 5.41) is 9.23. The van der Waals surface area contributed by atoms with Gasteiger partial charge in [-0.25, -0.2) is 4.79 Å². The molecule has 2 aliphatic heterocycles. The van der Waals surface area contributed by atoms with Crippen molar-refractivity contribution in [3.05, 3.63) is 0 Å². The van der Waals surface area contributed by atoms with Crippen LogP contribution in [0, 0.1) is 17.3 Å². The molecular weight excluding hydrogens is 256 g/mol. The lowest BCUT2D eigenvalue weighted by Gasteiger charge is -2.42. The summed E-state index contributed by atoms with van der Waals surface area (Å²) in [7, 11) is 0. The third-order valence-corrected chi connectivity index (χ3v) is 4.79. The number of aliphatic carboxylic acids is 1. The number of carbonyl (C=O) groups is 2. The maximum atomic E-state index is 12.5. The molecule has 0 radical (unpaired) electrons. The van der Waals surface area contributed by atoms with E-state index in [1.54, 1.807) is 6.92 Å². The maximum Gasteiger partial charge on any atom is 0.320 e. The molecule has 1 N–H and O–H groups in total. The third kappa shape index (κ3) is 3.07. The summed E-state index contributed by atoms with van der Waals surface area (Å²) in [4.78, 5) is 27.5. The first-order valence-electron chi connectivity index (χ1n) is 7.59. The Bertz CT molecular complexity index is 379. The number of amides is 2. The first kappa shape index (κ1) is 15.1. The molecule has 0 aliphatic carbocycles. The van der Waals surface area contributed by atoms with Gasteiger partial charge in [-0.3, -0.25) is 4.79 Å². The lowest BCUT2D eigenvalue weighted by Crippen LogP contribution is -2.53. The van der Waals surface area contributed by atoms with Crippen molar-refractivity contribution < 1.29 is 14.7 Å².